The fourth-order valence-corrected chi connectivity index (χ4v) is 2.29. The molecule has 0 bridgehead atoms. The van der Waals surface area contributed by atoms with Crippen LogP contribution in [0, 0.1) is 0 Å². The van der Waals surface area contributed by atoms with E-state index in [-0.39, 0.29) is 35.5 Å². The molecule has 5 nitrogen and oxygen atoms in total. The molecule has 0 saturated carbocycles. The van der Waals surface area contributed by atoms with Crippen molar-refractivity contribution in [2.24, 2.45) is 0 Å². The molecule has 0 saturated heterocycles. The summed E-state index contributed by atoms with van der Waals surface area (Å²) >= 11 is 0.658. The third-order valence-electron chi connectivity index (χ3n) is 3.29. The topological polar surface area (TPSA) is 67.8 Å². The van der Waals surface area contributed by atoms with E-state index in [4.69, 9.17) is 4.74 Å². The maximum absolute atomic E-state index is 11.4. The quantitative estimate of drug-likeness (QED) is 0.109. The van der Waals surface area contributed by atoms with Crippen molar-refractivity contribution in [2.75, 3.05) is 6.61 Å². The maximum atomic E-state index is 11.4. The summed E-state index contributed by atoms with van der Waals surface area (Å²) in [4.78, 5) is 11.4. The Bertz CT molecular complexity index is 244. The summed E-state index contributed by atoms with van der Waals surface area (Å²) < 4.78 is 9.16. The van der Waals surface area contributed by atoms with Crippen molar-refractivity contribution in [3.05, 3.63) is 0 Å². The van der Waals surface area contributed by atoms with Crippen LogP contribution in [0.4, 0.5) is 0 Å². The fraction of sp³-hybridized carbons (Fsp3) is 0.933. The molecule has 0 N–H and O–H groups in total. The van der Waals surface area contributed by atoms with Crippen LogP contribution in [-0.4, -0.2) is 17.8 Å². The number of hydrogen-bond acceptors (Lipinski definition) is 6. The van der Waals surface area contributed by atoms with Crippen LogP contribution >= 0.6 is 12.0 Å². The van der Waals surface area contributed by atoms with Gasteiger partial charge in [0.25, 0.3) is 0 Å². The normalized spacial score (nSPS) is 11.8. The number of esters is 1. The van der Waals surface area contributed by atoms with E-state index in [2.05, 4.69) is 16.3 Å². The van der Waals surface area contributed by atoms with E-state index < -0.39 is 5.25 Å². The molecule has 0 fully saturated rings. The number of ether oxygens (including phenoxy) is 1. The molecule has 7 heteroatoms. The van der Waals surface area contributed by atoms with Crippen LogP contribution in [0.5, 0.6) is 0 Å². The van der Waals surface area contributed by atoms with Gasteiger partial charge in [0.05, 0.1) is 6.61 Å². The van der Waals surface area contributed by atoms with Crippen LogP contribution in [0.25, 0.3) is 0 Å². The fourth-order valence-electron chi connectivity index (χ4n) is 1.99. The Morgan fingerprint density at radius 2 is 1.50 bits per heavy atom. The summed E-state index contributed by atoms with van der Waals surface area (Å²) in [5.41, 5.74) is 0. The molecule has 0 rings (SSSR count). The monoisotopic (exact) mass is 344 g/mol. The smallest absolute Gasteiger partial charge is 0.691 e. The minimum Gasteiger partial charge on any atom is -0.691 e. The molecule has 0 amide bonds. The minimum absolute atomic E-state index is 0. The second kappa shape index (κ2) is 19.7. The first-order valence-electron chi connectivity index (χ1n) is 8.01. The van der Waals surface area contributed by atoms with Gasteiger partial charge >= 0.3 is 35.5 Å². The van der Waals surface area contributed by atoms with E-state index in [1.54, 1.807) is 6.92 Å². The summed E-state index contributed by atoms with van der Waals surface area (Å²) in [5.74, 6) is -0.382. The van der Waals surface area contributed by atoms with Crippen molar-refractivity contribution >= 4 is 18.0 Å². The van der Waals surface area contributed by atoms with Gasteiger partial charge in [0, 0.05) is 12.0 Å². The van der Waals surface area contributed by atoms with Gasteiger partial charge < -0.3 is 9.99 Å². The first-order chi connectivity index (χ1) is 10.2. The molecule has 0 spiro atoms. The molecular formula is C15H29NaO5S. The average Bonchev–Trinajstić information content (AvgIpc) is 2.49. The zero-order chi connectivity index (χ0) is 15.8. The van der Waals surface area contributed by atoms with Gasteiger partial charge in [-0.2, -0.15) is 4.33 Å². The van der Waals surface area contributed by atoms with Gasteiger partial charge in [-0.25, -0.2) is 0 Å². The molecule has 1 unspecified atom stereocenters. The molecular weight excluding hydrogens is 315 g/mol. The van der Waals surface area contributed by atoms with Crippen molar-refractivity contribution in [2.45, 2.75) is 83.3 Å². The van der Waals surface area contributed by atoms with Crippen LogP contribution in [0.15, 0.2) is 0 Å². The Balaban J connectivity index is 0. The van der Waals surface area contributed by atoms with E-state index in [0.29, 0.717) is 18.6 Å². The summed E-state index contributed by atoms with van der Waals surface area (Å²) in [6.45, 7) is 4.26. The number of rotatable bonds is 15. The van der Waals surface area contributed by atoms with Crippen molar-refractivity contribution in [1.29, 1.82) is 0 Å². The Kier molecular flexibility index (Phi) is 22.4. The van der Waals surface area contributed by atoms with Crippen LogP contribution in [0.2, 0.25) is 0 Å². The molecule has 0 aliphatic rings. The molecule has 0 aromatic heterocycles. The zero-order valence-electron chi connectivity index (χ0n) is 14.3. The van der Waals surface area contributed by atoms with Crippen molar-refractivity contribution in [1.82, 2.24) is 0 Å². The van der Waals surface area contributed by atoms with E-state index in [0.717, 1.165) is 12.8 Å². The van der Waals surface area contributed by atoms with Gasteiger partial charge in [0.1, 0.15) is 5.25 Å². The molecule has 0 aromatic rings. The summed E-state index contributed by atoms with van der Waals surface area (Å²) in [6.07, 6.45) is 12.5. The number of carbonyl (C=O) groups excluding carboxylic acids is 1. The van der Waals surface area contributed by atoms with E-state index in [1.807, 2.05) is 0 Å². The summed E-state index contributed by atoms with van der Waals surface area (Å²) in [6, 6.07) is 0. The van der Waals surface area contributed by atoms with Crippen LogP contribution in [0.1, 0.15) is 78.1 Å². The Morgan fingerprint density at radius 1 is 1.00 bits per heavy atom. The van der Waals surface area contributed by atoms with Crippen molar-refractivity contribution < 1.29 is 53.7 Å². The first kappa shape index (κ1) is 24.9. The molecule has 0 heterocycles. The standard InChI is InChI=1S/C15H30O5S.Na/c1-3-4-5-6-7-8-9-10-11-12-13-18-15(16)14(2)21-20-19-17;/h14,17H,3-13H2,1-2H3;/q;+1/p-1. The minimum atomic E-state index is -0.554. The van der Waals surface area contributed by atoms with Gasteiger partial charge in [-0.1, -0.05) is 64.7 Å². The largest absolute Gasteiger partial charge is 1.00 e. The molecule has 22 heavy (non-hydrogen) atoms. The molecule has 1 atom stereocenters. The predicted molar refractivity (Wildman–Crippen MR) is 82.0 cm³/mol. The third kappa shape index (κ3) is 17.1. The average molecular weight is 344 g/mol. The van der Waals surface area contributed by atoms with Crippen LogP contribution in [0.3, 0.4) is 0 Å². The van der Waals surface area contributed by atoms with Gasteiger partial charge in [-0.05, 0) is 13.3 Å². The maximum Gasteiger partial charge on any atom is 1.00 e. The van der Waals surface area contributed by atoms with Gasteiger partial charge in [-0.3, -0.25) is 9.83 Å². The van der Waals surface area contributed by atoms with Gasteiger partial charge in [0.2, 0.25) is 0 Å². The molecule has 0 aliphatic heterocycles. The third-order valence-corrected chi connectivity index (χ3v) is 3.90. The molecule has 0 radical (unpaired) electrons. The van der Waals surface area contributed by atoms with E-state index >= 15 is 0 Å². The van der Waals surface area contributed by atoms with Gasteiger partial charge in [-0.15, -0.1) is 0 Å². The van der Waals surface area contributed by atoms with E-state index in [9.17, 15) is 10.1 Å². The summed E-state index contributed by atoms with van der Waals surface area (Å²) in [7, 11) is 0. The Hall–Kier alpha value is 0.700. The van der Waals surface area contributed by atoms with Crippen LogP contribution < -0.4 is 34.8 Å². The van der Waals surface area contributed by atoms with Crippen molar-refractivity contribution in [3.63, 3.8) is 0 Å². The Morgan fingerprint density at radius 3 is 2.00 bits per heavy atom. The van der Waals surface area contributed by atoms with Gasteiger partial charge in [0.15, 0.2) is 0 Å². The first-order valence-corrected chi connectivity index (χ1v) is 8.81. The number of carbonyl (C=O) groups is 1. The number of hydrogen-bond donors (Lipinski definition) is 0. The molecule has 0 aromatic carbocycles. The summed E-state index contributed by atoms with van der Waals surface area (Å²) in [5, 5.41) is 12.2. The second-order valence-corrected chi connectivity index (χ2v) is 6.26. The van der Waals surface area contributed by atoms with E-state index in [1.165, 1.54) is 51.4 Å². The zero-order valence-corrected chi connectivity index (χ0v) is 17.1. The van der Waals surface area contributed by atoms with Crippen molar-refractivity contribution in [3.8, 4) is 0 Å². The second-order valence-electron chi connectivity index (χ2n) is 5.22. The predicted octanol–water partition coefficient (Wildman–Crippen LogP) is 0.715. The molecule has 126 valence electrons. The van der Waals surface area contributed by atoms with Crippen LogP contribution in [-0.2, 0) is 18.9 Å². The Labute approximate surface area is 161 Å². The molecule has 0 aliphatic carbocycles. The number of unbranched alkanes of at least 4 members (excludes halogenated alkanes) is 9. The SMILES string of the molecule is CCCCCCCCCCCCOC(=O)C(C)SOO[O-].[Na+].